The van der Waals surface area contributed by atoms with Crippen LogP contribution in [-0.2, 0) is 11.3 Å². The van der Waals surface area contributed by atoms with Crippen molar-refractivity contribution < 1.29 is 9.59 Å². The van der Waals surface area contributed by atoms with Gasteiger partial charge in [-0.05, 0) is 30.7 Å². The first-order valence-electron chi connectivity index (χ1n) is 7.29. The van der Waals surface area contributed by atoms with Gasteiger partial charge < -0.3 is 15.6 Å². The molecule has 3 N–H and O–H groups in total. The van der Waals surface area contributed by atoms with Gasteiger partial charge in [-0.1, -0.05) is 20.3 Å². The molecule has 0 aliphatic carbocycles. The molecule has 0 saturated heterocycles. The Kier molecular flexibility index (Phi) is 4.62. The van der Waals surface area contributed by atoms with Crippen molar-refractivity contribution in [3.8, 4) is 0 Å². The predicted molar refractivity (Wildman–Crippen MR) is 84.3 cm³/mol. The standard InChI is InChI=1S/C16H21N3O2/c1-3-5-8-19-13-7-6-12(18-15(20)4-2)9-11(13)10-14(19)16(17)21/h6-7,9-10H,3-5,8H2,1-2H3,(H2,17,21)(H,18,20). The summed E-state index contributed by atoms with van der Waals surface area (Å²) in [6.45, 7) is 4.67. The zero-order chi connectivity index (χ0) is 15.4. The van der Waals surface area contributed by atoms with Crippen LogP contribution in [0.15, 0.2) is 24.3 Å². The Balaban J connectivity index is 2.44. The van der Waals surface area contributed by atoms with Gasteiger partial charge >= 0.3 is 0 Å². The minimum atomic E-state index is -0.429. The molecule has 0 aliphatic rings. The van der Waals surface area contributed by atoms with Gasteiger partial charge in [0.1, 0.15) is 5.69 Å². The zero-order valence-electron chi connectivity index (χ0n) is 12.5. The predicted octanol–water partition coefficient (Wildman–Crippen LogP) is 2.89. The van der Waals surface area contributed by atoms with E-state index < -0.39 is 5.91 Å². The van der Waals surface area contributed by atoms with E-state index in [1.807, 2.05) is 22.8 Å². The van der Waals surface area contributed by atoms with Gasteiger partial charge in [0, 0.05) is 29.6 Å². The van der Waals surface area contributed by atoms with Gasteiger partial charge in [-0.25, -0.2) is 0 Å². The van der Waals surface area contributed by atoms with Gasteiger partial charge in [0.25, 0.3) is 5.91 Å². The number of amides is 2. The van der Waals surface area contributed by atoms with Gasteiger partial charge in [-0.2, -0.15) is 0 Å². The summed E-state index contributed by atoms with van der Waals surface area (Å²) < 4.78 is 1.95. The van der Waals surface area contributed by atoms with Crippen molar-refractivity contribution in [3.05, 3.63) is 30.0 Å². The maximum absolute atomic E-state index is 11.6. The van der Waals surface area contributed by atoms with E-state index in [4.69, 9.17) is 5.73 Å². The first kappa shape index (κ1) is 15.1. The quantitative estimate of drug-likeness (QED) is 0.857. The highest BCUT2D eigenvalue weighted by molar-refractivity contribution is 5.99. The normalized spacial score (nSPS) is 10.8. The second kappa shape index (κ2) is 6.43. The highest BCUT2D eigenvalue weighted by atomic mass is 16.2. The number of hydrogen-bond donors (Lipinski definition) is 2. The lowest BCUT2D eigenvalue weighted by Crippen LogP contribution is -2.16. The summed E-state index contributed by atoms with van der Waals surface area (Å²) in [5, 5.41) is 3.73. The number of nitrogens with one attached hydrogen (secondary N) is 1. The molecule has 0 radical (unpaired) electrons. The molecular formula is C16H21N3O2. The van der Waals surface area contributed by atoms with Crippen LogP contribution in [0.2, 0.25) is 0 Å². The molecule has 2 rings (SSSR count). The minimum absolute atomic E-state index is 0.0325. The lowest BCUT2D eigenvalue weighted by Gasteiger charge is -2.08. The Bertz CT molecular complexity index is 673. The van der Waals surface area contributed by atoms with Crippen molar-refractivity contribution in [3.63, 3.8) is 0 Å². The van der Waals surface area contributed by atoms with E-state index in [2.05, 4.69) is 12.2 Å². The van der Waals surface area contributed by atoms with E-state index in [1.165, 1.54) is 0 Å². The molecule has 5 nitrogen and oxygen atoms in total. The number of aryl methyl sites for hydroxylation is 1. The van der Waals surface area contributed by atoms with Crippen LogP contribution in [0, 0.1) is 0 Å². The van der Waals surface area contributed by atoms with Crippen LogP contribution in [0.25, 0.3) is 10.9 Å². The second-order valence-electron chi connectivity index (χ2n) is 5.07. The lowest BCUT2D eigenvalue weighted by atomic mass is 10.2. The Morgan fingerprint density at radius 3 is 2.62 bits per heavy atom. The van der Waals surface area contributed by atoms with E-state index in [9.17, 15) is 9.59 Å². The first-order chi connectivity index (χ1) is 10.1. The summed E-state index contributed by atoms with van der Waals surface area (Å²) in [6.07, 6.45) is 2.46. The number of primary amides is 1. The van der Waals surface area contributed by atoms with E-state index >= 15 is 0 Å². The van der Waals surface area contributed by atoms with Gasteiger partial charge in [0.2, 0.25) is 5.91 Å². The van der Waals surface area contributed by atoms with Crippen molar-refractivity contribution in [2.45, 2.75) is 39.7 Å². The topological polar surface area (TPSA) is 77.1 Å². The maximum Gasteiger partial charge on any atom is 0.265 e. The van der Waals surface area contributed by atoms with Gasteiger partial charge in [-0.15, -0.1) is 0 Å². The van der Waals surface area contributed by atoms with Crippen LogP contribution >= 0.6 is 0 Å². The zero-order valence-corrected chi connectivity index (χ0v) is 12.5. The van der Waals surface area contributed by atoms with Gasteiger partial charge in [0.15, 0.2) is 0 Å². The van der Waals surface area contributed by atoms with E-state index in [0.717, 1.165) is 36.0 Å². The molecule has 5 heteroatoms. The fourth-order valence-corrected chi connectivity index (χ4v) is 2.36. The lowest BCUT2D eigenvalue weighted by molar-refractivity contribution is -0.115. The fourth-order valence-electron chi connectivity index (χ4n) is 2.36. The van der Waals surface area contributed by atoms with Crippen LogP contribution in [0.3, 0.4) is 0 Å². The third-order valence-corrected chi connectivity index (χ3v) is 3.49. The van der Waals surface area contributed by atoms with Crippen LogP contribution in [-0.4, -0.2) is 16.4 Å². The summed E-state index contributed by atoms with van der Waals surface area (Å²) in [6, 6.07) is 7.43. The molecule has 21 heavy (non-hydrogen) atoms. The second-order valence-corrected chi connectivity index (χ2v) is 5.07. The molecule has 1 aromatic carbocycles. The van der Waals surface area contributed by atoms with Crippen molar-refractivity contribution in [2.75, 3.05) is 5.32 Å². The van der Waals surface area contributed by atoms with Gasteiger partial charge in [0.05, 0.1) is 0 Å². The minimum Gasteiger partial charge on any atom is -0.364 e. The number of fused-ring (bicyclic) bond motifs is 1. The SMILES string of the molecule is CCCCn1c(C(N)=O)cc2cc(NC(=O)CC)ccc21. The average Bonchev–Trinajstić information content (AvgIpc) is 2.83. The third kappa shape index (κ3) is 3.24. The molecular weight excluding hydrogens is 266 g/mol. The molecule has 0 atom stereocenters. The summed E-state index contributed by atoms with van der Waals surface area (Å²) in [4.78, 5) is 23.0. The van der Waals surface area contributed by atoms with Crippen LogP contribution in [0.1, 0.15) is 43.6 Å². The van der Waals surface area contributed by atoms with E-state index in [1.54, 1.807) is 13.0 Å². The number of benzene rings is 1. The van der Waals surface area contributed by atoms with Crippen LogP contribution in [0.4, 0.5) is 5.69 Å². The Morgan fingerprint density at radius 1 is 1.24 bits per heavy atom. The Morgan fingerprint density at radius 2 is 2.00 bits per heavy atom. The largest absolute Gasteiger partial charge is 0.364 e. The molecule has 0 aliphatic heterocycles. The number of nitrogens with two attached hydrogens (primary N) is 1. The summed E-state index contributed by atoms with van der Waals surface area (Å²) in [5.74, 6) is -0.462. The fraction of sp³-hybridized carbons (Fsp3) is 0.375. The van der Waals surface area contributed by atoms with E-state index in [-0.39, 0.29) is 5.91 Å². The number of nitrogens with zero attached hydrogens (tertiary/aromatic N) is 1. The number of carbonyl (C=O) groups is 2. The van der Waals surface area contributed by atoms with Crippen LogP contribution < -0.4 is 11.1 Å². The smallest absolute Gasteiger partial charge is 0.265 e. The maximum atomic E-state index is 11.6. The summed E-state index contributed by atoms with van der Waals surface area (Å²) in [5.41, 5.74) is 7.67. The molecule has 0 spiro atoms. The average molecular weight is 287 g/mol. The Hall–Kier alpha value is -2.30. The number of aromatic nitrogens is 1. The molecule has 2 amide bonds. The van der Waals surface area contributed by atoms with Crippen LogP contribution in [0.5, 0.6) is 0 Å². The van der Waals surface area contributed by atoms with Crippen molar-refractivity contribution >= 4 is 28.4 Å². The molecule has 0 bridgehead atoms. The highest BCUT2D eigenvalue weighted by Gasteiger charge is 2.13. The van der Waals surface area contributed by atoms with E-state index in [0.29, 0.717) is 12.1 Å². The molecule has 0 unspecified atom stereocenters. The molecule has 0 fully saturated rings. The molecule has 2 aromatic rings. The van der Waals surface area contributed by atoms with Crippen molar-refractivity contribution in [1.82, 2.24) is 4.57 Å². The summed E-state index contributed by atoms with van der Waals surface area (Å²) in [7, 11) is 0. The number of rotatable bonds is 6. The summed E-state index contributed by atoms with van der Waals surface area (Å²) >= 11 is 0. The number of anilines is 1. The van der Waals surface area contributed by atoms with Crippen molar-refractivity contribution in [2.24, 2.45) is 5.73 Å². The highest BCUT2D eigenvalue weighted by Crippen LogP contribution is 2.24. The number of carbonyl (C=O) groups excluding carboxylic acids is 2. The number of unbranched alkanes of at least 4 members (excludes halogenated alkanes) is 1. The number of hydrogen-bond acceptors (Lipinski definition) is 2. The Labute approximate surface area is 124 Å². The molecule has 112 valence electrons. The monoisotopic (exact) mass is 287 g/mol. The third-order valence-electron chi connectivity index (χ3n) is 3.49. The molecule has 1 heterocycles. The molecule has 0 saturated carbocycles. The molecule has 1 aromatic heterocycles. The van der Waals surface area contributed by atoms with Gasteiger partial charge in [-0.3, -0.25) is 9.59 Å². The van der Waals surface area contributed by atoms with Crippen molar-refractivity contribution in [1.29, 1.82) is 0 Å². The first-order valence-corrected chi connectivity index (χ1v) is 7.29.